The van der Waals surface area contributed by atoms with Crippen LogP contribution < -0.4 is 0 Å². The second-order valence-electron chi connectivity index (χ2n) is 7.86. The lowest BCUT2D eigenvalue weighted by Gasteiger charge is -2.41. The van der Waals surface area contributed by atoms with E-state index in [-0.39, 0.29) is 4.87 Å². The van der Waals surface area contributed by atoms with Gasteiger partial charge in [-0.3, -0.25) is 0 Å². The van der Waals surface area contributed by atoms with Crippen LogP contribution >= 0.6 is 11.6 Å². The average Bonchev–Trinajstić information content (AvgIpc) is 2.33. The standard InChI is InChI=1S/C19H39Cl/c1-7-9-11-12-13-14-15-17(18(3,4)5)19(6,20)16-10-8-2/h17H,7-16H2,1-6H3. The first-order valence-electron chi connectivity index (χ1n) is 8.94. The Morgan fingerprint density at radius 3 is 1.75 bits per heavy atom. The first kappa shape index (κ1) is 20.3. The van der Waals surface area contributed by atoms with Crippen LogP contribution in [0.25, 0.3) is 0 Å². The van der Waals surface area contributed by atoms with E-state index in [1.54, 1.807) is 0 Å². The number of unbranched alkanes of at least 4 members (excludes halogenated alkanes) is 6. The quantitative estimate of drug-likeness (QED) is 0.272. The van der Waals surface area contributed by atoms with Gasteiger partial charge in [0, 0.05) is 4.87 Å². The summed E-state index contributed by atoms with van der Waals surface area (Å²) in [4.78, 5) is -0.0301. The normalized spacial score (nSPS) is 16.9. The van der Waals surface area contributed by atoms with E-state index in [2.05, 4.69) is 41.5 Å². The first-order valence-corrected chi connectivity index (χ1v) is 9.32. The minimum Gasteiger partial charge on any atom is -0.119 e. The maximum absolute atomic E-state index is 6.93. The van der Waals surface area contributed by atoms with Crippen molar-refractivity contribution >= 4 is 11.6 Å². The van der Waals surface area contributed by atoms with Gasteiger partial charge < -0.3 is 0 Å². The molecule has 122 valence electrons. The van der Waals surface area contributed by atoms with Crippen LogP contribution in [0.15, 0.2) is 0 Å². The molecular weight excluding hydrogens is 264 g/mol. The molecule has 20 heavy (non-hydrogen) atoms. The van der Waals surface area contributed by atoms with Crippen molar-refractivity contribution in [2.45, 2.75) is 111 Å². The Hall–Kier alpha value is 0.290. The topological polar surface area (TPSA) is 0 Å². The van der Waals surface area contributed by atoms with E-state index in [1.165, 1.54) is 57.8 Å². The maximum Gasteiger partial charge on any atom is 0.0451 e. The van der Waals surface area contributed by atoms with Gasteiger partial charge in [0.25, 0.3) is 0 Å². The highest BCUT2D eigenvalue weighted by Gasteiger charge is 2.38. The summed E-state index contributed by atoms with van der Waals surface area (Å²) in [5.74, 6) is 0.620. The summed E-state index contributed by atoms with van der Waals surface area (Å²) in [5, 5.41) is 0. The third-order valence-electron chi connectivity index (χ3n) is 4.64. The lowest BCUT2D eigenvalue weighted by atomic mass is 9.69. The highest BCUT2D eigenvalue weighted by atomic mass is 35.5. The zero-order valence-electron chi connectivity index (χ0n) is 15.0. The average molecular weight is 303 g/mol. The fraction of sp³-hybridized carbons (Fsp3) is 1.00. The van der Waals surface area contributed by atoms with Crippen molar-refractivity contribution in [3.63, 3.8) is 0 Å². The second-order valence-corrected chi connectivity index (χ2v) is 8.72. The number of hydrogen-bond acceptors (Lipinski definition) is 0. The molecule has 0 rings (SSSR count). The van der Waals surface area contributed by atoms with Gasteiger partial charge in [0.05, 0.1) is 0 Å². The lowest BCUT2D eigenvalue weighted by Crippen LogP contribution is -2.38. The summed E-state index contributed by atoms with van der Waals surface area (Å²) >= 11 is 6.93. The van der Waals surface area contributed by atoms with Gasteiger partial charge in [-0.1, -0.05) is 86.0 Å². The summed E-state index contributed by atoms with van der Waals surface area (Å²) in [6, 6.07) is 0. The van der Waals surface area contributed by atoms with Crippen LogP contribution in [0.2, 0.25) is 0 Å². The fourth-order valence-corrected chi connectivity index (χ4v) is 4.03. The summed E-state index contributed by atoms with van der Waals surface area (Å²) in [6.45, 7) is 13.9. The van der Waals surface area contributed by atoms with Crippen molar-refractivity contribution in [2.75, 3.05) is 0 Å². The van der Waals surface area contributed by atoms with Crippen molar-refractivity contribution in [1.82, 2.24) is 0 Å². The Bertz CT molecular complexity index is 224. The molecule has 0 fully saturated rings. The van der Waals surface area contributed by atoms with E-state index in [9.17, 15) is 0 Å². The summed E-state index contributed by atoms with van der Waals surface area (Å²) < 4.78 is 0. The summed E-state index contributed by atoms with van der Waals surface area (Å²) in [6.07, 6.45) is 13.2. The fourth-order valence-electron chi connectivity index (χ4n) is 3.46. The van der Waals surface area contributed by atoms with E-state index >= 15 is 0 Å². The predicted molar refractivity (Wildman–Crippen MR) is 94.7 cm³/mol. The summed E-state index contributed by atoms with van der Waals surface area (Å²) in [7, 11) is 0. The van der Waals surface area contributed by atoms with Gasteiger partial charge in [-0.2, -0.15) is 0 Å². The Kier molecular flexibility index (Phi) is 10.2. The van der Waals surface area contributed by atoms with E-state index in [1.807, 2.05) is 0 Å². The van der Waals surface area contributed by atoms with Crippen LogP contribution in [-0.2, 0) is 0 Å². The Morgan fingerprint density at radius 1 is 0.750 bits per heavy atom. The molecule has 0 aromatic carbocycles. The van der Waals surface area contributed by atoms with Crippen LogP contribution in [0.1, 0.15) is 106 Å². The molecule has 0 saturated carbocycles. The molecule has 2 unspecified atom stereocenters. The molecule has 0 amide bonds. The van der Waals surface area contributed by atoms with Crippen LogP contribution in [0.5, 0.6) is 0 Å². The molecule has 1 heteroatoms. The lowest BCUT2D eigenvalue weighted by molar-refractivity contribution is 0.160. The minimum atomic E-state index is -0.0301. The van der Waals surface area contributed by atoms with E-state index in [0.29, 0.717) is 11.3 Å². The molecule has 0 aliphatic carbocycles. The zero-order valence-corrected chi connectivity index (χ0v) is 15.8. The van der Waals surface area contributed by atoms with Gasteiger partial charge in [0.15, 0.2) is 0 Å². The molecular formula is C19H39Cl. The van der Waals surface area contributed by atoms with Crippen LogP contribution in [-0.4, -0.2) is 4.87 Å². The smallest absolute Gasteiger partial charge is 0.0451 e. The molecule has 0 radical (unpaired) electrons. The molecule has 0 spiro atoms. The molecule has 0 aromatic heterocycles. The van der Waals surface area contributed by atoms with Crippen molar-refractivity contribution in [3.8, 4) is 0 Å². The highest BCUT2D eigenvalue weighted by Crippen LogP contribution is 2.44. The monoisotopic (exact) mass is 302 g/mol. The molecule has 0 bridgehead atoms. The number of halogens is 1. The van der Waals surface area contributed by atoms with Crippen LogP contribution in [0.3, 0.4) is 0 Å². The largest absolute Gasteiger partial charge is 0.119 e. The van der Waals surface area contributed by atoms with Crippen LogP contribution in [0.4, 0.5) is 0 Å². The second kappa shape index (κ2) is 10.1. The first-order chi connectivity index (χ1) is 9.25. The van der Waals surface area contributed by atoms with Crippen molar-refractivity contribution < 1.29 is 0 Å². The molecule has 0 heterocycles. The highest BCUT2D eigenvalue weighted by molar-refractivity contribution is 6.23. The SMILES string of the molecule is CCCCCCCCC(C(C)(C)C)C(C)(Cl)CCCC. The molecule has 0 aliphatic rings. The van der Waals surface area contributed by atoms with E-state index in [0.717, 1.165) is 6.42 Å². The Morgan fingerprint density at radius 2 is 1.25 bits per heavy atom. The van der Waals surface area contributed by atoms with Gasteiger partial charge in [0.1, 0.15) is 0 Å². The third-order valence-corrected chi connectivity index (χ3v) is 5.09. The number of hydrogen-bond donors (Lipinski definition) is 0. The predicted octanol–water partition coefficient (Wildman–Crippen LogP) is 7.59. The van der Waals surface area contributed by atoms with Gasteiger partial charge in [-0.25, -0.2) is 0 Å². The molecule has 0 N–H and O–H groups in total. The van der Waals surface area contributed by atoms with Crippen molar-refractivity contribution in [2.24, 2.45) is 11.3 Å². The molecule has 0 aliphatic heterocycles. The third kappa shape index (κ3) is 8.55. The van der Waals surface area contributed by atoms with Gasteiger partial charge in [-0.15, -0.1) is 11.6 Å². The van der Waals surface area contributed by atoms with E-state index < -0.39 is 0 Å². The van der Waals surface area contributed by atoms with Crippen LogP contribution in [0, 0.1) is 11.3 Å². The number of rotatable bonds is 11. The maximum atomic E-state index is 6.93. The minimum absolute atomic E-state index is 0.0301. The number of alkyl halides is 1. The molecule has 0 aromatic rings. The van der Waals surface area contributed by atoms with Crippen molar-refractivity contribution in [1.29, 1.82) is 0 Å². The van der Waals surface area contributed by atoms with Gasteiger partial charge in [-0.05, 0) is 31.1 Å². The van der Waals surface area contributed by atoms with Crippen molar-refractivity contribution in [3.05, 3.63) is 0 Å². The molecule has 0 saturated heterocycles. The zero-order chi connectivity index (χ0) is 15.6. The Labute approximate surface area is 134 Å². The van der Waals surface area contributed by atoms with Gasteiger partial charge in [0.2, 0.25) is 0 Å². The van der Waals surface area contributed by atoms with E-state index in [4.69, 9.17) is 11.6 Å². The van der Waals surface area contributed by atoms with Gasteiger partial charge >= 0.3 is 0 Å². The molecule has 0 nitrogen and oxygen atoms in total. The molecule has 2 atom stereocenters. The summed E-state index contributed by atoms with van der Waals surface area (Å²) in [5.41, 5.74) is 0.313. The Balaban J connectivity index is 4.29.